The first-order valence-corrected chi connectivity index (χ1v) is 11.1. The van der Waals surface area contributed by atoms with Crippen LogP contribution in [-0.4, -0.2) is 35.8 Å². The van der Waals surface area contributed by atoms with Crippen LogP contribution in [0.15, 0.2) is 47.3 Å². The number of carbonyl (C=O) groups excluding carboxylic acids is 1. The Morgan fingerprint density at radius 1 is 1.10 bits per heavy atom. The van der Waals surface area contributed by atoms with E-state index in [0.29, 0.717) is 16.7 Å². The van der Waals surface area contributed by atoms with Crippen molar-refractivity contribution in [2.75, 3.05) is 15.9 Å². The van der Waals surface area contributed by atoms with E-state index in [9.17, 15) is 22.4 Å². The van der Waals surface area contributed by atoms with Gasteiger partial charge in [0.15, 0.2) is 0 Å². The third kappa shape index (κ3) is 3.95. The van der Waals surface area contributed by atoms with Gasteiger partial charge < -0.3 is 5.32 Å². The first kappa shape index (κ1) is 21.6. The zero-order valence-corrected chi connectivity index (χ0v) is 17.9. The highest BCUT2D eigenvalue weighted by atomic mass is 32.2. The van der Waals surface area contributed by atoms with Crippen LogP contribution in [0.25, 0.3) is 11.0 Å². The van der Waals surface area contributed by atoms with Crippen molar-refractivity contribution in [3.8, 4) is 0 Å². The number of aryl methyl sites for hydroxylation is 2. The molecule has 1 unspecified atom stereocenters. The molecule has 0 spiro atoms. The molecule has 3 aromatic rings. The summed E-state index contributed by atoms with van der Waals surface area (Å²) in [5, 5.41) is 2.73. The van der Waals surface area contributed by atoms with E-state index in [1.165, 1.54) is 21.3 Å². The normalized spacial score (nSPS) is 12.7. The number of nitrogens with zero attached hydrogens (tertiary/aromatic N) is 3. The molecular formula is C20H23FN4O4S. The Morgan fingerprint density at radius 2 is 1.70 bits per heavy atom. The fourth-order valence-electron chi connectivity index (χ4n) is 3.46. The minimum atomic E-state index is -3.82. The standard InChI is InChI=1S/C20H23FN4O4S/c1-5-16(25(30(4,28)29)15-9-6-13(21)7-10-15)19(26)22-14-8-11-17-18(12-14)24(3)20(27)23(17)2/h6-12,16H,5H2,1-4H3,(H,22,26). The molecule has 0 aliphatic heterocycles. The van der Waals surface area contributed by atoms with Crippen LogP contribution in [0, 0.1) is 5.82 Å². The Bertz CT molecular complexity index is 1260. The lowest BCUT2D eigenvalue weighted by Gasteiger charge is -2.30. The van der Waals surface area contributed by atoms with Crippen LogP contribution in [0.5, 0.6) is 0 Å². The van der Waals surface area contributed by atoms with Gasteiger partial charge in [0.25, 0.3) is 0 Å². The molecule has 160 valence electrons. The van der Waals surface area contributed by atoms with E-state index in [-0.39, 0.29) is 17.8 Å². The highest BCUT2D eigenvalue weighted by Gasteiger charge is 2.31. The average Bonchev–Trinajstić information content (AvgIpc) is 2.90. The van der Waals surface area contributed by atoms with E-state index in [0.717, 1.165) is 22.7 Å². The SMILES string of the molecule is CCC(C(=O)Nc1ccc2c(c1)n(C)c(=O)n2C)N(c1ccc(F)cc1)S(C)(=O)=O. The molecule has 0 radical (unpaired) electrons. The lowest BCUT2D eigenvalue weighted by molar-refractivity contribution is -0.117. The molecule has 1 N–H and O–H groups in total. The molecule has 1 amide bonds. The number of carbonyl (C=O) groups is 1. The summed E-state index contributed by atoms with van der Waals surface area (Å²) in [4.78, 5) is 25.1. The second kappa shape index (κ2) is 7.94. The van der Waals surface area contributed by atoms with Crippen LogP contribution in [0.1, 0.15) is 13.3 Å². The summed E-state index contributed by atoms with van der Waals surface area (Å²) in [5.74, 6) is -1.04. The predicted molar refractivity (Wildman–Crippen MR) is 115 cm³/mol. The number of benzene rings is 2. The Labute approximate surface area is 173 Å². The van der Waals surface area contributed by atoms with Crippen molar-refractivity contribution in [2.24, 2.45) is 14.1 Å². The summed E-state index contributed by atoms with van der Waals surface area (Å²) in [6.07, 6.45) is 1.19. The lowest BCUT2D eigenvalue weighted by Crippen LogP contribution is -2.47. The van der Waals surface area contributed by atoms with Gasteiger partial charge in [0.1, 0.15) is 11.9 Å². The molecule has 3 rings (SSSR count). The van der Waals surface area contributed by atoms with Gasteiger partial charge in [0, 0.05) is 19.8 Å². The van der Waals surface area contributed by atoms with E-state index in [2.05, 4.69) is 5.32 Å². The molecule has 1 aromatic heterocycles. The van der Waals surface area contributed by atoms with Gasteiger partial charge in [-0.3, -0.25) is 18.2 Å². The first-order chi connectivity index (χ1) is 14.0. The van der Waals surface area contributed by atoms with E-state index < -0.39 is 27.8 Å². The quantitative estimate of drug-likeness (QED) is 0.644. The van der Waals surface area contributed by atoms with Crippen molar-refractivity contribution in [1.82, 2.24) is 9.13 Å². The average molecular weight is 434 g/mol. The number of hydrogen-bond donors (Lipinski definition) is 1. The molecule has 8 nitrogen and oxygen atoms in total. The minimum absolute atomic E-state index is 0.195. The molecule has 1 atom stereocenters. The number of hydrogen-bond acceptors (Lipinski definition) is 4. The van der Waals surface area contributed by atoms with Crippen molar-refractivity contribution >= 4 is 38.3 Å². The van der Waals surface area contributed by atoms with Gasteiger partial charge in [-0.2, -0.15) is 0 Å². The number of fused-ring (bicyclic) bond motifs is 1. The summed E-state index contributed by atoms with van der Waals surface area (Å²) < 4.78 is 42.1. The third-order valence-electron chi connectivity index (χ3n) is 4.95. The van der Waals surface area contributed by atoms with Gasteiger partial charge in [-0.15, -0.1) is 0 Å². The van der Waals surface area contributed by atoms with Crippen molar-refractivity contribution in [2.45, 2.75) is 19.4 Å². The van der Waals surface area contributed by atoms with Gasteiger partial charge >= 0.3 is 5.69 Å². The zero-order valence-electron chi connectivity index (χ0n) is 17.1. The van der Waals surface area contributed by atoms with E-state index >= 15 is 0 Å². The topological polar surface area (TPSA) is 93.4 Å². The van der Waals surface area contributed by atoms with Crippen LogP contribution in [0.3, 0.4) is 0 Å². The Hall–Kier alpha value is -3.14. The van der Waals surface area contributed by atoms with Gasteiger partial charge in [0.05, 0.1) is 23.0 Å². The van der Waals surface area contributed by atoms with Gasteiger partial charge in [-0.05, 0) is 48.9 Å². The number of anilines is 2. The van der Waals surface area contributed by atoms with Crippen LogP contribution in [0.4, 0.5) is 15.8 Å². The highest BCUT2D eigenvalue weighted by Crippen LogP contribution is 2.24. The van der Waals surface area contributed by atoms with E-state index in [4.69, 9.17) is 0 Å². The number of rotatable bonds is 6. The molecule has 0 saturated heterocycles. The summed E-state index contributed by atoms with van der Waals surface area (Å²) >= 11 is 0. The Balaban J connectivity index is 1.96. The lowest BCUT2D eigenvalue weighted by atomic mass is 10.1. The summed E-state index contributed by atoms with van der Waals surface area (Å²) in [6, 6.07) is 8.89. The fourth-order valence-corrected chi connectivity index (χ4v) is 4.67. The third-order valence-corrected chi connectivity index (χ3v) is 6.13. The monoisotopic (exact) mass is 434 g/mol. The Morgan fingerprint density at radius 3 is 2.27 bits per heavy atom. The number of halogens is 1. The molecule has 0 bridgehead atoms. The van der Waals surface area contributed by atoms with Crippen LogP contribution in [0.2, 0.25) is 0 Å². The smallest absolute Gasteiger partial charge is 0.324 e. The largest absolute Gasteiger partial charge is 0.328 e. The predicted octanol–water partition coefficient (Wildman–Crippen LogP) is 2.20. The molecular weight excluding hydrogens is 411 g/mol. The van der Waals surface area contributed by atoms with E-state index in [1.54, 1.807) is 39.2 Å². The summed E-state index contributed by atoms with van der Waals surface area (Å²) in [6.45, 7) is 1.69. The van der Waals surface area contributed by atoms with Gasteiger partial charge in [-0.1, -0.05) is 6.92 Å². The van der Waals surface area contributed by atoms with Crippen molar-refractivity contribution < 1.29 is 17.6 Å². The highest BCUT2D eigenvalue weighted by molar-refractivity contribution is 7.92. The Kier molecular flexibility index (Phi) is 5.71. The first-order valence-electron chi connectivity index (χ1n) is 9.26. The maximum atomic E-state index is 13.3. The second-order valence-corrected chi connectivity index (χ2v) is 8.91. The molecule has 0 aliphatic carbocycles. The molecule has 0 fully saturated rings. The number of nitrogens with one attached hydrogen (secondary N) is 1. The van der Waals surface area contributed by atoms with Crippen LogP contribution < -0.4 is 15.3 Å². The molecule has 10 heteroatoms. The minimum Gasteiger partial charge on any atom is -0.324 e. The number of imidazole rings is 1. The summed E-state index contributed by atoms with van der Waals surface area (Å²) in [7, 11) is -0.536. The number of amides is 1. The molecule has 1 heterocycles. The second-order valence-electron chi connectivity index (χ2n) is 7.05. The molecule has 0 saturated carbocycles. The number of aromatic nitrogens is 2. The van der Waals surface area contributed by atoms with Crippen molar-refractivity contribution in [1.29, 1.82) is 0 Å². The zero-order chi connectivity index (χ0) is 22.2. The fraction of sp³-hybridized carbons (Fsp3) is 0.300. The molecule has 30 heavy (non-hydrogen) atoms. The maximum Gasteiger partial charge on any atom is 0.328 e. The van der Waals surface area contributed by atoms with Crippen LogP contribution >= 0.6 is 0 Å². The van der Waals surface area contributed by atoms with Gasteiger partial charge in [0.2, 0.25) is 15.9 Å². The van der Waals surface area contributed by atoms with E-state index in [1.807, 2.05) is 0 Å². The van der Waals surface area contributed by atoms with Crippen molar-refractivity contribution in [3.05, 3.63) is 58.8 Å². The molecule has 0 aliphatic rings. The van der Waals surface area contributed by atoms with Gasteiger partial charge in [-0.25, -0.2) is 17.6 Å². The van der Waals surface area contributed by atoms with Crippen LogP contribution in [-0.2, 0) is 28.9 Å². The maximum absolute atomic E-state index is 13.3. The summed E-state index contributed by atoms with van der Waals surface area (Å²) in [5.41, 5.74) is 1.77. The number of sulfonamides is 1. The molecule has 2 aromatic carbocycles. The van der Waals surface area contributed by atoms with Crippen molar-refractivity contribution in [3.63, 3.8) is 0 Å².